The molecule has 0 saturated carbocycles. The van der Waals surface area contributed by atoms with Gasteiger partial charge in [-0.1, -0.05) is 19.9 Å². The highest BCUT2D eigenvalue weighted by atomic mass is 32.2. The molecule has 3 nitrogen and oxygen atoms in total. The summed E-state index contributed by atoms with van der Waals surface area (Å²) in [7, 11) is 0. The summed E-state index contributed by atoms with van der Waals surface area (Å²) in [5, 5.41) is 7.94. The van der Waals surface area contributed by atoms with Crippen molar-refractivity contribution in [3.05, 3.63) is 42.2 Å². The Bertz CT molecular complexity index is 505. The third-order valence-corrected chi connectivity index (χ3v) is 3.38. The molecule has 1 heterocycles. The van der Waals surface area contributed by atoms with Gasteiger partial charge in [0, 0.05) is 23.7 Å². The molecular formula is C14H19N3S. The Morgan fingerprint density at radius 2 is 2.17 bits per heavy atom. The lowest BCUT2D eigenvalue weighted by molar-refractivity contribution is 0.578. The molecule has 0 amide bonds. The van der Waals surface area contributed by atoms with E-state index in [4.69, 9.17) is 0 Å². The Labute approximate surface area is 113 Å². The highest BCUT2D eigenvalue weighted by molar-refractivity contribution is 7.98. The standard InChI is InChI=1S/C14H19N3S/c1-11(2)15-10-12-7-8-17(16-12)13-5-4-6-14(9-13)18-3/h4-9,11,15H,10H2,1-3H3. The van der Waals surface area contributed by atoms with Crippen molar-refractivity contribution in [3.8, 4) is 5.69 Å². The molecular weight excluding hydrogens is 242 g/mol. The van der Waals surface area contributed by atoms with Crippen LogP contribution in [0.3, 0.4) is 0 Å². The fourth-order valence-electron chi connectivity index (χ4n) is 1.66. The molecule has 0 aliphatic carbocycles. The largest absolute Gasteiger partial charge is 0.309 e. The number of hydrogen-bond acceptors (Lipinski definition) is 3. The van der Waals surface area contributed by atoms with Gasteiger partial charge in [-0.2, -0.15) is 5.10 Å². The highest BCUT2D eigenvalue weighted by Gasteiger charge is 2.02. The third-order valence-electron chi connectivity index (χ3n) is 2.65. The van der Waals surface area contributed by atoms with Crippen LogP contribution in [0.2, 0.25) is 0 Å². The first-order chi connectivity index (χ1) is 8.69. The molecule has 0 radical (unpaired) electrons. The molecule has 18 heavy (non-hydrogen) atoms. The van der Waals surface area contributed by atoms with Crippen molar-refractivity contribution in [1.29, 1.82) is 0 Å². The maximum absolute atomic E-state index is 4.57. The van der Waals surface area contributed by atoms with Crippen molar-refractivity contribution < 1.29 is 0 Å². The quantitative estimate of drug-likeness (QED) is 0.839. The van der Waals surface area contributed by atoms with Crippen molar-refractivity contribution >= 4 is 11.8 Å². The number of hydrogen-bond donors (Lipinski definition) is 1. The van der Waals surface area contributed by atoms with Crippen LogP contribution in [0, 0.1) is 0 Å². The normalized spacial score (nSPS) is 11.1. The number of nitrogens with zero attached hydrogens (tertiary/aromatic N) is 2. The minimum absolute atomic E-state index is 0.481. The monoisotopic (exact) mass is 261 g/mol. The summed E-state index contributed by atoms with van der Waals surface area (Å²) >= 11 is 1.75. The molecule has 4 heteroatoms. The fourth-order valence-corrected chi connectivity index (χ4v) is 2.11. The van der Waals surface area contributed by atoms with Crippen LogP contribution < -0.4 is 5.32 Å². The zero-order valence-electron chi connectivity index (χ0n) is 11.1. The predicted octanol–water partition coefficient (Wildman–Crippen LogP) is 3.09. The van der Waals surface area contributed by atoms with Crippen molar-refractivity contribution in [3.63, 3.8) is 0 Å². The van der Waals surface area contributed by atoms with Gasteiger partial charge in [-0.25, -0.2) is 4.68 Å². The summed E-state index contributed by atoms with van der Waals surface area (Å²) in [6, 6.07) is 10.9. The first-order valence-corrected chi connectivity index (χ1v) is 7.34. The van der Waals surface area contributed by atoms with Crippen LogP contribution in [-0.2, 0) is 6.54 Å². The maximum atomic E-state index is 4.57. The van der Waals surface area contributed by atoms with E-state index in [0.29, 0.717) is 6.04 Å². The van der Waals surface area contributed by atoms with Gasteiger partial charge >= 0.3 is 0 Å². The molecule has 0 bridgehead atoms. The molecule has 0 saturated heterocycles. The van der Waals surface area contributed by atoms with E-state index in [9.17, 15) is 0 Å². The Morgan fingerprint density at radius 1 is 1.33 bits per heavy atom. The van der Waals surface area contributed by atoms with E-state index in [0.717, 1.165) is 17.9 Å². The molecule has 1 aromatic heterocycles. The number of aromatic nitrogens is 2. The molecule has 2 aromatic rings. The van der Waals surface area contributed by atoms with Crippen LogP contribution in [0.4, 0.5) is 0 Å². The van der Waals surface area contributed by atoms with E-state index in [2.05, 4.69) is 60.9 Å². The SMILES string of the molecule is CSc1cccc(-n2ccc(CNC(C)C)n2)c1. The topological polar surface area (TPSA) is 29.9 Å². The van der Waals surface area contributed by atoms with Gasteiger partial charge in [-0.05, 0) is 30.5 Å². The van der Waals surface area contributed by atoms with E-state index in [1.807, 2.05) is 10.9 Å². The minimum atomic E-state index is 0.481. The second-order valence-electron chi connectivity index (χ2n) is 4.49. The van der Waals surface area contributed by atoms with Crippen LogP contribution in [0.1, 0.15) is 19.5 Å². The molecule has 0 unspecified atom stereocenters. The lowest BCUT2D eigenvalue weighted by Crippen LogP contribution is -2.22. The average Bonchev–Trinajstić information content (AvgIpc) is 2.85. The molecule has 0 aliphatic heterocycles. The van der Waals surface area contributed by atoms with Gasteiger partial charge in [0.15, 0.2) is 0 Å². The van der Waals surface area contributed by atoms with E-state index in [-0.39, 0.29) is 0 Å². The molecule has 0 spiro atoms. The number of nitrogens with one attached hydrogen (secondary N) is 1. The second kappa shape index (κ2) is 6.07. The van der Waals surface area contributed by atoms with Crippen LogP contribution in [0.5, 0.6) is 0 Å². The van der Waals surface area contributed by atoms with E-state index >= 15 is 0 Å². The van der Waals surface area contributed by atoms with Gasteiger partial charge in [0.05, 0.1) is 11.4 Å². The van der Waals surface area contributed by atoms with Gasteiger partial charge < -0.3 is 5.32 Å². The number of benzene rings is 1. The zero-order chi connectivity index (χ0) is 13.0. The molecule has 2 rings (SSSR count). The minimum Gasteiger partial charge on any atom is -0.309 e. The van der Waals surface area contributed by atoms with Crippen molar-refractivity contribution in [1.82, 2.24) is 15.1 Å². The summed E-state index contributed by atoms with van der Waals surface area (Å²) in [6.45, 7) is 5.09. The Balaban J connectivity index is 2.13. The van der Waals surface area contributed by atoms with Gasteiger partial charge in [0.2, 0.25) is 0 Å². The fraction of sp³-hybridized carbons (Fsp3) is 0.357. The lowest BCUT2D eigenvalue weighted by atomic mass is 10.3. The molecule has 1 aromatic carbocycles. The third kappa shape index (κ3) is 3.37. The van der Waals surface area contributed by atoms with Gasteiger partial charge in [0.25, 0.3) is 0 Å². The molecule has 0 atom stereocenters. The summed E-state index contributed by atoms with van der Waals surface area (Å²) in [5.74, 6) is 0. The average molecular weight is 261 g/mol. The van der Waals surface area contributed by atoms with E-state index < -0.39 is 0 Å². The summed E-state index contributed by atoms with van der Waals surface area (Å²) in [6.07, 6.45) is 4.09. The van der Waals surface area contributed by atoms with Crippen LogP contribution in [0.25, 0.3) is 5.69 Å². The lowest BCUT2D eigenvalue weighted by Gasteiger charge is -2.06. The van der Waals surface area contributed by atoms with Gasteiger partial charge in [-0.15, -0.1) is 11.8 Å². The Hall–Kier alpha value is -1.26. The smallest absolute Gasteiger partial charge is 0.0766 e. The van der Waals surface area contributed by atoms with Crippen LogP contribution in [-0.4, -0.2) is 22.1 Å². The molecule has 0 fully saturated rings. The van der Waals surface area contributed by atoms with Crippen LogP contribution >= 0.6 is 11.8 Å². The summed E-state index contributed by atoms with van der Waals surface area (Å²) < 4.78 is 1.93. The van der Waals surface area contributed by atoms with Crippen LogP contribution in [0.15, 0.2) is 41.4 Å². The molecule has 0 aliphatic rings. The summed E-state index contributed by atoms with van der Waals surface area (Å²) in [5.41, 5.74) is 2.18. The highest BCUT2D eigenvalue weighted by Crippen LogP contribution is 2.18. The first-order valence-electron chi connectivity index (χ1n) is 6.11. The summed E-state index contributed by atoms with van der Waals surface area (Å²) in [4.78, 5) is 1.25. The second-order valence-corrected chi connectivity index (χ2v) is 5.37. The predicted molar refractivity (Wildman–Crippen MR) is 77.3 cm³/mol. The maximum Gasteiger partial charge on any atom is 0.0766 e. The van der Waals surface area contributed by atoms with Crippen molar-refractivity contribution in [2.75, 3.05) is 6.26 Å². The van der Waals surface area contributed by atoms with Crippen molar-refractivity contribution in [2.45, 2.75) is 31.3 Å². The zero-order valence-corrected chi connectivity index (χ0v) is 11.9. The molecule has 96 valence electrons. The number of rotatable bonds is 5. The Morgan fingerprint density at radius 3 is 2.89 bits per heavy atom. The Kier molecular flexibility index (Phi) is 4.44. The van der Waals surface area contributed by atoms with E-state index in [1.165, 1.54) is 4.90 Å². The van der Waals surface area contributed by atoms with E-state index in [1.54, 1.807) is 11.8 Å². The van der Waals surface area contributed by atoms with Gasteiger partial charge in [-0.3, -0.25) is 0 Å². The molecule has 1 N–H and O–H groups in total. The van der Waals surface area contributed by atoms with Gasteiger partial charge in [0.1, 0.15) is 0 Å². The first kappa shape index (κ1) is 13.2. The van der Waals surface area contributed by atoms with Crippen molar-refractivity contribution in [2.24, 2.45) is 0 Å². The number of thioether (sulfide) groups is 1.